The molecule has 1 aromatic heterocycles. The molecule has 0 aliphatic heterocycles. The number of amides is 1. The summed E-state index contributed by atoms with van der Waals surface area (Å²) in [5.41, 5.74) is 0.795. The summed E-state index contributed by atoms with van der Waals surface area (Å²) in [6.45, 7) is 0.766. The van der Waals surface area contributed by atoms with Crippen LogP contribution in [0.2, 0.25) is 0 Å². The zero-order valence-corrected chi connectivity index (χ0v) is 17.0. The van der Waals surface area contributed by atoms with Crippen LogP contribution < -0.4 is 5.32 Å². The molecule has 0 aromatic carbocycles. The summed E-state index contributed by atoms with van der Waals surface area (Å²) >= 11 is 3.29. The highest BCUT2D eigenvalue weighted by molar-refractivity contribution is 9.10. The molecule has 0 spiro atoms. The molecule has 6 rings (SSSR count). The van der Waals surface area contributed by atoms with E-state index in [1.54, 1.807) is 0 Å². The SMILES string of the molecule is O=C(Cn1nc(C(F)F)c(Br)c1C1CC1)NCC12CC3CC(CC(C3)C1)C2. The van der Waals surface area contributed by atoms with Crippen molar-refractivity contribution in [1.29, 1.82) is 0 Å². The molecule has 1 amide bonds. The van der Waals surface area contributed by atoms with Crippen LogP contribution in [0, 0.1) is 23.2 Å². The van der Waals surface area contributed by atoms with E-state index in [4.69, 9.17) is 0 Å². The van der Waals surface area contributed by atoms with E-state index in [0.717, 1.165) is 42.8 Å². The lowest BCUT2D eigenvalue weighted by atomic mass is 9.49. The Kier molecular flexibility index (Phi) is 4.37. The Balaban J connectivity index is 1.26. The quantitative estimate of drug-likeness (QED) is 0.689. The molecule has 5 saturated carbocycles. The van der Waals surface area contributed by atoms with Crippen molar-refractivity contribution < 1.29 is 13.6 Å². The molecule has 1 aromatic rings. The Morgan fingerprint density at radius 3 is 2.30 bits per heavy atom. The number of halogens is 3. The standard InChI is InChI=1S/C20H26BrF2N3O/c21-16-17(19(22)23)25-26(18(16)14-1-2-14)9-15(27)24-10-20-6-11-3-12(7-20)5-13(4-11)8-20/h11-14,19H,1-10H2,(H,24,27). The zero-order chi connectivity index (χ0) is 18.8. The summed E-state index contributed by atoms with van der Waals surface area (Å²) in [5.74, 6) is 2.69. The number of nitrogens with zero attached hydrogens (tertiary/aromatic N) is 2. The second kappa shape index (κ2) is 6.53. The first kappa shape index (κ1) is 18.1. The van der Waals surface area contributed by atoms with E-state index in [1.165, 1.54) is 43.2 Å². The molecule has 27 heavy (non-hydrogen) atoms. The molecule has 0 radical (unpaired) electrons. The molecule has 1 N–H and O–H groups in total. The van der Waals surface area contributed by atoms with Crippen LogP contribution in [0.4, 0.5) is 8.78 Å². The van der Waals surface area contributed by atoms with Crippen molar-refractivity contribution in [3.63, 3.8) is 0 Å². The van der Waals surface area contributed by atoms with Gasteiger partial charge in [-0.1, -0.05) is 0 Å². The van der Waals surface area contributed by atoms with Crippen molar-refractivity contribution in [2.75, 3.05) is 6.54 Å². The Hall–Kier alpha value is -0.980. The van der Waals surface area contributed by atoms with E-state index in [9.17, 15) is 13.6 Å². The monoisotopic (exact) mass is 441 g/mol. The van der Waals surface area contributed by atoms with E-state index < -0.39 is 6.43 Å². The number of hydrogen-bond acceptors (Lipinski definition) is 2. The number of carbonyl (C=O) groups is 1. The molecule has 4 nitrogen and oxygen atoms in total. The van der Waals surface area contributed by atoms with Crippen molar-refractivity contribution in [1.82, 2.24) is 15.1 Å². The molecule has 1 heterocycles. The predicted molar refractivity (Wildman–Crippen MR) is 100 cm³/mol. The predicted octanol–water partition coefficient (Wildman–Crippen LogP) is 4.79. The Bertz CT molecular complexity index is 723. The Labute approximate surface area is 166 Å². The summed E-state index contributed by atoms with van der Waals surface area (Å²) in [6, 6.07) is 0. The highest BCUT2D eigenvalue weighted by Crippen LogP contribution is 2.59. The number of rotatable bonds is 6. The Morgan fingerprint density at radius 2 is 1.78 bits per heavy atom. The van der Waals surface area contributed by atoms with E-state index in [1.807, 2.05) is 0 Å². The summed E-state index contributed by atoms with van der Waals surface area (Å²) in [6.07, 6.45) is 7.21. The van der Waals surface area contributed by atoms with Gasteiger partial charge in [0.15, 0.2) is 0 Å². The third-order valence-corrected chi connectivity index (χ3v) is 8.06. The van der Waals surface area contributed by atoms with Gasteiger partial charge in [-0.15, -0.1) is 0 Å². The second-order valence-corrected chi connectivity index (χ2v) is 10.3. The maximum absolute atomic E-state index is 13.2. The van der Waals surface area contributed by atoms with Gasteiger partial charge in [0.2, 0.25) is 5.91 Å². The first-order valence-electron chi connectivity index (χ1n) is 10.2. The fourth-order valence-corrected chi connectivity index (χ4v) is 7.24. The molecule has 0 atom stereocenters. The van der Waals surface area contributed by atoms with Gasteiger partial charge in [0.1, 0.15) is 12.2 Å². The third kappa shape index (κ3) is 3.34. The smallest absolute Gasteiger partial charge is 0.283 e. The molecular weight excluding hydrogens is 416 g/mol. The average molecular weight is 442 g/mol. The minimum Gasteiger partial charge on any atom is -0.354 e. The number of carbonyl (C=O) groups excluding carboxylic acids is 1. The molecule has 0 unspecified atom stereocenters. The maximum Gasteiger partial charge on any atom is 0.283 e. The van der Waals surface area contributed by atoms with Crippen molar-refractivity contribution in [2.24, 2.45) is 23.2 Å². The molecular formula is C20H26BrF2N3O. The van der Waals surface area contributed by atoms with Gasteiger partial charge in [0.05, 0.1) is 10.2 Å². The van der Waals surface area contributed by atoms with Gasteiger partial charge in [-0.2, -0.15) is 5.10 Å². The molecule has 5 fully saturated rings. The molecule has 4 bridgehead atoms. The Morgan fingerprint density at radius 1 is 1.19 bits per heavy atom. The van der Waals surface area contributed by atoms with Gasteiger partial charge >= 0.3 is 0 Å². The summed E-state index contributed by atoms with van der Waals surface area (Å²) in [5, 5.41) is 7.17. The van der Waals surface area contributed by atoms with Crippen molar-refractivity contribution in [2.45, 2.75) is 70.3 Å². The van der Waals surface area contributed by atoms with Crippen LogP contribution in [0.15, 0.2) is 4.47 Å². The summed E-state index contributed by atoms with van der Waals surface area (Å²) < 4.78 is 28.3. The average Bonchev–Trinajstić information content (AvgIpc) is 3.36. The normalized spacial score (nSPS) is 34.4. The van der Waals surface area contributed by atoms with Crippen molar-refractivity contribution in [3.05, 3.63) is 15.9 Å². The first-order valence-corrected chi connectivity index (χ1v) is 11.0. The largest absolute Gasteiger partial charge is 0.354 e. The number of nitrogens with one attached hydrogen (secondary N) is 1. The minimum absolute atomic E-state index is 0.0313. The van der Waals surface area contributed by atoms with Gasteiger partial charge in [0, 0.05) is 12.5 Å². The fraction of sp³-hybridized carbons (Fsp3) is 0.800. The van der Waals surface area contributed by atoms with Crippen LogP contribution in [0.5, 0.6) is 0 Å². The van der Waals surface area contributed by atoms with E-state index in [2.05, 4.69) is 26.3 Å². The van der Waals surface area contributed by atoms with Gasteiger partial charge < -0.3 is 5.32 Å². The molecule has 0 saturated heterocycles. The number of hydrogen-bond donors (Lipinski definition) is 1. The molecule has 7 heteroatoms. The van der Waals surface area contributed by atoms with E-state index in [-0.39, 0.29) is 29.5 Å². The van der Waals surface area contributed by atoms with Crippen molar-refractivity contribution >= 4 is 21.8 Å². The van der Waals surface area contributed by atoms with Crippen LogP contribution in [0.1, 0.15) is 75.1 Å². The van der Waals surface area contributed by atoms with Crippen LogP contribution in [-0.2, 0) is 11.3 Å². The van der Waals surface area contributed by atoms with Gasteiger partial charge in [-0.3, -0.25) is 9.48 Å². The second-order valence-electron chi connectivity index (χ2n) is 9.51. The number of alkyl halides is 2. The van der Waals surface area contributed by atoms with Crippen LogP contribution in [-0.4, -0.2) is 22.2 Å². The van der Waals surface area contributed by atoms with Crippen LogP contribution in [0.3, 0.4) is 0 Å². The summed E-state index contributed by atoms with van der Waals surface area (Å²) in [4.78, 5) is 12.6. The topological polar surface area (TPSA) is 46.9 Å². The number of aromatic nitrogens is 2. The molecule has 5 aliphatic rings. The zero-order valence-electron chi connectivity index (χ0n) is 15.4. The summed E-state index contributed by atoms with van der Waals surface area (Å²) in [7, 11) is 0. The highest BCUT2D eigenvalue weighted by Gasteiger charge is 2.50. The van der Waals surface area contributed by atoms with Crippen LogP contribution in [0.25, 0.3) is 0 Å². The van der Waals surface area contributed by atoms with Crippen molar-refractivity contribution in [3.8, 4) is 0 Å². The van der Waals surface area contributed by atoms with E-state index >= 15 is 0 Å². The first-order chi connectivity index (χ1) is 12.9. The lowest BCUT2D eigenvalue weighted by Crippen LogP contribution is -2.51. The third-order valence-electron chi connectivity index (χ3n) is 7.25. The molecule has 5 aliphatic carbocycles. The lowest BCUT2D eigenvalue weighted by Gasteiger charge is -2.56. The minimum atomic E-state index is -2.63. The highest BCUT2D eigenvalue weighted by atomic mass is 79.9. The lowest BCUT2D eigenvalue weighted by molar-refractivity contribution is -0.124. The maximum atomic E-state index is 13.2. The molecule has 148 valence electrons. The van der Waals surface area contributed by atoms with Crippen LogP contribution >= 0.6 is 15.9 Å². The van der Waals surface area contributed by atoms with Gasteiger partial charge in [-0.05, 0) is 90.5 Å². The fourth-order valence-electron chi connectivity index (χ4n) is 6.46. The van der Waals surface area contributed by atoms with Gasteiger partial charge in [-0.25, -0.2) is 8.78 Å². The van der Waals surface area contributed by atoms with E-state index in [0.29, 0.717) is 4.47 Å². The van der Waals surface area contributed by atoms with Gasteiger partial charge in [0.25, 0.3) is 6.43 Å².